The first-order valence-electron chi connectivity index (χ1n) is 6.09. The maximum absolute atomic E-state index is 4.49. The number of anilines is 2. The molecular weight excluding hydrogens is 306 g/mol. The summed E-state index contributed by atoms with van der Waals surface area (Å²) in [7, 11) is 1.81. The summed E-state index contributed by atoms with van der Waals surface area (Å²) in [5, 5.41) is 2.95. The van der Waals surface area contributed by atoms with E-state index in [-0.39, 0.29) is 0 Å². The highest BCUT2D eigenvalue weighted by atomic mass is 79.9. The van der Waals surface area contributed by atoms with E-state index in [0.717, 1.165) is 29.1 Å². The van der Waals surface area contributed by atoms with Gasteiger partial charge in [0.05, 0.1) is 16.7 Å². The maximum atomic E-state index is 4.49. The number of pyridine rings is 1. The fourth-order valence-electron chi connectivity index (χ4n) is 1.72. The van der Waals surface area contributed by atoms with Crippen LogP contribution in [0.3, 0.4) is 0 Å². The molecule has 0 aliphatic carbocycles. The maximum Gasteiger partial charge on any atom is 0.224 e. The number of halogens is 1. The molecule has 2 heterocycles. The predicted molar refractivity (Wildman–Crippen MR) is 80.2 cm³/mol. The molecule has 0 aliphatic rings. The molecule has 6 heteroatoms. The van der Waals surface area contributed by atoms with Crippen molar-refractivity contribution in [1.82, 2.24) is 15.0 Å². The Bertz CT molecular complexity index is 532. The van der Waals surface area contributed by atoms with Crippen LogP contribution in [0.4, 0.5) is 11.8 Å². The van der Waals surface area contributed by atoms with E-state index in [2.05, 4.69) is 48.0 Å². The lowest BCUT2D eigenvalue weighted by molar-refractivity contribution is 0.789. The number of aromatic nitrogens is 3. The third kappa shape index (κ3) is 3.41. The number of rotatable bonds is 5. The van der Waals surface area contributed by atoms with Crippen molar-refractivity contribution in [1.29, 1.82) is 0 Å². The average Bonchev–Trinajstić information content (AvgIpc) is 2.47. The van der Waals surface area contributed by atoms with Crippen molar-refractivity contribution in [2.45, 2.75) is 13.5 Å². The zero-order chi connectivity index (χ0) is 13.7. The van der Waals surface area contributed by atoms with Crippen LogP contribution in [0.15, 0.2) is 35.1 Å². The second-order valence-electron chi connectivity index (χ2n) is 3.95. The third-order valence-corrected chi connectivity index (χ3v) is 3.27. The molecular formula is C13H16BrN5. The van der Waals surface area contributed by atoms with Gasteiger partial charge in [-0.05, 0) is 35.0 Å². The Labute approximate surface area is 121 Å². The fourth-order valence-corrected chi connectivity index (χ4v) is 2.17. The van der Waals surface area contributed by atoms with E-state index in [0.29, 0.717) is 5.95 Å². The van der Waals surface area contributed by atoms with Crippen LogP contribution >= 0.6 is 15.9 Å². The zero-order valence-corrected chi connectivity index (χ0v) is 12.6. The van der Waals surface area contributed by atoms with Crippen LogP contribution in [0.25, 0.3) is 0 Å². The summed E-state index contributed by atoms with van der Waals surface area (Å²) in [6.45, 7) is 3.65. The van der Waals surface area contributed by atoms with E-state index >= 15 is 0 Å². The summed E-state index contributed by atoms with van der Waals surface area (Å²) < 4.78 is 0.879. The molecule has 1 N–H and O–H groups in total. The van der Waals surface area contributed by atoms with E-state index in [1.807, 2.05) is 25.2 Å². The second kappa shape index (κ2) is 6.47. The van der Waals surface area contributed by atoms with Crippen LogP contribution < -0.4 is 10.2 Å². The minimum atomic E-state index is 0.609. The highest BCUT2D eigenvalue weighted by molar-refractivity contribution is 9.10. The van der Waals surface area contributed by atoms with Crippen molar-refractivity contribution in [3.63, 3.8) is 0 Å². The van der Waals surface area contributed by atoms with Gasteiger partial charge in [-0.1, -0.05) is 6.07 Å². The zero-order valence-electron chi connectivity index (χ0n) is 11.0. The minimum Gasteiger partial charge on any atom is -0.357 e. The Morgan fingerprint density at radius 2 is 2.16 bits per heavy atom. The molecule has 0 aliphatic heterocycles. The van der Waals surface area contributed by atoms with Crippen molar-refractivity contribution in [3.8, 4) is 0 Å². The molecule has 0 amide bonds. The number of hydrogen-bond donors (Lipinski definition) is 1. The highest BCUT2D eigenvalue weighted by Crippen LogP contribution is 2.25. The van der Waals surface area contributed by atoms with Crippen LogP contribution in [0.1, 0.15) is 12.6 Å². The summed E-state index contributed by atoms with van der Waals surface area (Å²) in [4.78, 5) is 15.2. The standard InChI is InChI=1S/C13H16BrN5/c1-3-19(9-10-6-4-5-7-16-10)12-11(14)8-17-13(15-2)18-12/h4-8H,3,9H2,1-2H3,(H,15,17,18). The first-order chi connectivity index (χ1) is 9.24. The van der Waals surface area contributed by atoms with Crippen molar-refractivity contribution >= 4 is 27.7 Å². The molecule has 2 aromatic rings. The smallest absolute Gasteiger partial charge is 0.224 e. The van der Waals surface area contributed by atoms with Gasteiger partial charge in [-0.25, -0.2) is 4.98 Å². The molecule has 0 unspecified atom stereocenters. The van der Waals surface area contributed by atoms with Crippen molar-refractivity contribution < 1.29 is 0 Å². The van der Waals surface area contributed by atoms with Crippen molar-refractivity contribution in [3.05, 3.63) is 40.8 Å². The largest absolute Gasteiger partial charge is 0.357 e. The molecule has 0 saturated heterocycles. The quantitative estimate of drug-likeness (QED) is 0.917. The lowest BCUT2D eigenvalue weighted by Crippen LogP contribution is -2.24. The summed E-state index contributed by atoms with van der Waals surface area (Å²) in [6, 6.07) is 5.92. The number of nitrogens with one attached hydrogen (secondary N) is 1. The van der Waals surface area contributed by atoms with Gasteiger partial charge in [0.2, 0.25) is 5.95 Å². The Balaban J connectivity index is 2.26. The summed E-state index contributed by atoms with van der Waals surface area (Å²) in [5.74, 6) is 1.48. The Kier molecular flexibility index (Phi) is 4.68. The summed E-state index contributed by atoms with van der Waals surface area (Å²) in [6.07, 6.45) is 3.56. The summed E-state index contributed by atoms with van der Waals surface area (Å²) in [5.41, 5.74) is 1.01. The number of nitrogens with zero attached hydrogens (tertiary/aromatic N) is 4. The summed E-state index contributed by atoms with van der Waals surface area (Å²) >= 11 is 3.50. The van der Waals surface area contributed by atoms with Crippen molar-refractivity contribution in [2.24, 2.45) is 0 Å². The van der Waals surface area contributed by atoms with Gasteiger partial charge in [-0.3, -0.25) is 4.98 Å². The van der Waals surface area contributed by atoms with E-state index in [1.165, 1.54) is 0 Å². The molecule has 19 heavy (non-hydrogen) atoms. The lowest BCUT2D eigenvalue weighted by Gasteiger charge is -2.22. The van der Waals surface area contributed by atoms with Crippen LogP contribution in [-0.2, 0) is 6.54 Å². The Morgan fingerprint density at radius 1 is 1.32 bits per heavy atom. The van der Waals surface area contributed by atoms with E-state index in [4.69, 9.17) is 0 Å². The molecule has 100 valence electrons. The third-order valence-electron chi connectivity index (χ3n) is 2.71. The SMILES string of the molecule is CCN(Cc1ccccn1)c1nc(NC)ncc1Br. The molecule has 5 nitrogen and oxygen atoms in total. The van der Waals surface area contributed by atoms with Gasteiger partial charge in [0.25, 0.3) is 0 Å². The van der Waals surface area contributed by atoms with Gasteiger partial charge in [0.1, 0.15) is 5.82 Å². The lowest BCUT2D eigenvalue weighted by atomic mass is 10.3. The molecule has 0 atom stereocenters. The Hall–Kier alpha value is -1.69. The first kappa shape index (κ1) is 13.7. The molecule has 0 radical (unpaired) electrons. The Morgan fingerprint density at radius 3 is 2.79 bits per heavy atom. The first-order valence-corrected chi connectivity index (χ1v) is 6.89. The number of hydrogen-bond acceptors (Lipinski definition) is 5. The minimum absolute atomic E-state index is 0.609. The van der Waals surface area contributed by atoms with Crippen LogP contribution in [-0.4, -0.2) is 28.5 Å². The molecule has 0 fully saturated rings. The van der Waals surface area contributed by atoms with Crippen LogP contribution in [0, 0.1) is 0 Å². The van der Waals surface area contributed by atoms with E-state index < -0.39 is 0 Å². The predicted octanol–water partition coefficient (Wildman–Crippen LogP) is 2.70. The van der Waals surface area contributed by atoms with Crippen LogP contribution in [0.5, 0.6) is 0 Å². The highest BCUT2D eigenvalue weighted by Gasteiger charge is 2.12. The van der Waals surface area contributed by atoms with Gasteiger partial charge in [-0.15, -0.1) is 0 Å². The van der Waals surface area contributed by atoms with Gasteiger partial charge in [-0.2, -0.15) is 4.98 Å². The van der Waals surface area contributed by atoms with Crippen molar-refractivity contribution in [2.75, 3.05) is 23.8 Å². The van der Waals surface area contributed by atoms with E-state index in [1.54, 1.807) is 12.4 Å². The van der Waals surface area contributed by atoms with Gasteiger partial charge >= 0.3 is 0 Å². The molecule has 0 saturated carbocycles. The van der Waals surface area contributed by atoms with Crippen LogP contribution in [0.2, 0.25) is 0 Å². The fraction of sp³-hybridized carbons (Fsp3) is 0.308. The molecule has 0 spiro atoms. The molecule has 0 bridgehead atoms. The normalized spacial score (nSPS) is 10.3. The molecule has 2 aromatic heterocycles. The van der Waals surface area contributed by atoms with Gasteiger partial charge in [0, 0.05) is 26.0 Å². The monoisotopic (exact) mass is 321 g/mol. The molecule has 0 aromatic carbocycles. The topological polar surface area (TPSA) is 53.9 Å². The average molecular weight is 322 g/mol. The second-order valence-corrected chi connectivity index (χ2v) is 4.80. The van der Waals surface area contributed by atoms with Gasteiger partial charge in [0.15, 0.2) is 0 Å². The van der Waals surface area contributed by atoms with E-state index in [9.17, 15) is 0 Å². The molecule has 2 rings (SSSR count). The van der Waals surface area contributed by atoms with Gasteiger partial charge < -0.3 is 10.2 Å².